The van der Waals surface area contributed by atoms with Crippen LogP contribution in [0, 0.1) is 0 Å². The number of halogens is 1. The number of benzene rings is 2. The summed E-state index contributed by atoms with van der Waals surface area (Å²) in [5, 5.41) is 1.70. The van der Waals surface area contributed by atoms with E-state index in [1.807, 2.05) is 30.3 Å². The number of carbonyl (C=O) groups is 1. The van der Waals surface area contributed by atoms with Crippen molar-refractivity contribution in [3.05, 3.63) is 76.2 Å². The van der Waals surface area contributed by atoms with Gasteiger partial charge in [-0.1, -0.05) is 54.1 Å². The Balaban J connectivity index is 2.20. The van der Waals surface area contributed by atoms with Crippen molar-refractivity contribution in [3.63, 3.8) is 0 Å². The van der Waals surface area contributed by atoms with Gasteiger partial charge in [-0.3, -0.25) is 4.79 Å². The topological polar surface area (TPSA) is 80.5 Å². The molecular weight excluding hydrogens is 360 g/mol. The minimum Gasteiger partial charge on any atom is -0.370 e. The lowest BCUT2D eigenvalue weighted by molar-refractivity contribution is -0.118. The van der Waals surface area contributed by atoms with Crippen LogP contribution in [-0.2, 0) is 21.4 Å². The van der Waals surface area contributed by atoms with Crippen molar-refractivity contribution in [3.8, 4) is 0 Å². The molecule has 5 nitrogen and oxygen atoms in total. The molecule has 0 saturated carbocycles. The fourth-order valence-corrected chi connectivity index (χ4v) is 3.44. The lowest BCUT2D eigenvalue weighted by Crippen LogP contribution is -2.32. The molecule has 0 aliphatic carbocycles. The van der Waals surface area contributed by atoms with E-state index in [0.717, 1.165) is 11.0 Å². The van der Waals surface area contributed by atoms with Crippen LogP contribution in [0.15, 0.2) is 60.0 Å². The van der Waals surface area contributed by atoms with E-state index in [4.69, 9.17) is 17.3 Å². The summed E-state index contributed by atoms with van der Waals surface area (Å²) in [6.07, 6.45) is 1.45. The fraction of sp³-hybridized carbons (Fsp3) is 0.167. The largest absolute Gasteiger partial charge is 0.370 e. The number of nitrogens with zero attached hydrogens (tertiary/aromatic N) is 1. The maximum Gasteiger partial charge on any atom is 0.236 e. The highest BCUT2D eigenvalue weighted by Gasteiger charge is 2.20. The van der Waals surface area contributed by atoms with Crippen molar-refractivity contribution in [2.45, 2.75) is 13.0 Å². The number of hydrogen-bond donors (Lipinski definition) is 1. The van der Waals surface area contributed by atoms with Crippen LogP contribution in [-0.4, -0.2) is 25.2 Å². The van der Waals surface area contributed by atoms with E-state index < -0.39 is 15.9 Å². The summed E-state index contributed by atoms with van der Waals surface area (Å²) in [7, 11) is -3.71. The summed E-state index contributed by atoms with van der Waals surface area (Å²) in [5.74, 6) is -0.546. The lowest BCUT2D eigenvalue weighted by atomic mass is 10.2. The summed E-state index contributed by atoms with van der Waals surface area (Å²) in [4.78, 5) is 11.1. The summed E-state index contributed by atoms with van der Waals surface area (Å²) in [6, 6.07) is 16.0. The molecule has 0 aromatic heterocycles. The molecule has 0 aliphatic heterocycles. The fourth-order valence-electron chi connectivity index (χ4n) is 2.14. The average molecular weight is 379 g/mol. The second-order valence-corrected chi connectivity index (χ2v) is 7.69. The summed E-state index contributed by atoms with van der Waals surface area (Å²) in [6.45, 7) is 0.193. The zero-order valence-electron chi connectivity index (χ0n) is 13.5. The van der Waals surface area contributed by atoms with Crippen LogP contribution in [0.4, 0.5) is 0 Å². The lowest BCUT2D eigenvalue weighted by Gasteiger charge is -2.19. The average Bonchev–Trinajstić information content (AvgIpc) is 2.59. The maximum atomic E-state index is 12.6. The van der Waals surface area contributed by atoms with Crippen molar-refractivity contribution in [2.75, 3.05) is 6.54 Å². The Morgan fingerprint density at radius 1 is 1.08 bits per heavy atom. The van der Waals surface area contributed by atoms with Gasteiger partial charge in [0, 0.05) is 29.9 Å². The van der Waals surface area contributed by atoms with Gasteiger partial charge in [-0.15, -0.1) is 0 Å². The molecule has 0 spiro atoms. The third kappa shape index (κ3) is 6.34. The van der Waals surface area contributed by atoms with E-state index in [9.17, 15) is 13.2 Å². The highest BCUT2D eigenvalue weighted by atomic mass is 35.5. The second-order valence-electron chi connectivity index (χ2n) is 5.43. The quantitative estimate of drug-likeness (QED) is 0.766. The molecule has 0 bridgehead atoms. The molecule has 25 heavy (non-hydrogen) atoms. The van der Waals surface area contributed by atoms with Crippen molar-refractivity contribution < 1.29 is 13.2 Å². The normalized spacial score (nSPS) is 11.9. The molecule has 2 N–H and O–H groups in total. The van der Waals surface area contributed by atoms with Gasteiger partial charge >= 0.3 is 0 Å². The highest BCUT2D eigenvalue weighted by molar-refractivity contribution is 7.92. The van der Waals surface area contributed by atoms with Crippen molar-refractivity contribution >= 4 is 33.6 Å². The van der Waals surface area contributed by atoms with E-state index >= 15 is 0 Å². The molecule has 0 atom stereocenters. The Morgan fingerprint density at radius 2 is 1.72 bits per heavy atom. The van der Waals surface area contributed by atoms with Gasteiger partial charge in [-0.2, -0.15) is 4.31 Å². The monoisotopic (exact) mass is 378 g/mol. The van der Waals surface area contributed by atoms with Gasteiger partial charge in [-0.05, 0) is 29.3 Å². The predicted molar refractivity (Wildman–Crippen MR) is 100 cm³/mol. The molecule has 132 valence electrons. The highest BCUT2D eigenvalue weighted by Crippen LogP contribution is 2.15. The molecule has 1 amide bonds. The Morgan fingerprint density at radius 3 is 2.32 bits per heavy atom. The van der Waals surface area contributed by atoms with Gasteiger partial charge in [0.05, 0.1) is 0 Å². The van der Waals surface area contributed by atoms with Gasteiger partial charge in [0.1, 0.15) is 0 Å². The first kappa shape index (κ1) is 19.2. The molecule has 7 heteroatoms. The molecule has 0 heterocycles. The SMILES string of the molecule is NC(=O)CCN(Cc1ccccc1)S(=O)(=O)C=Cc1ccc(Cl)cc1. The van der Waals surface area contributed by atoms with Crippen molar-refractivity contribution in [1.82, 2.24) is 4.31 Å². The van der Waals surface area contributed by atoms with Crippen LogP contribution in [0.25, 0.3) is 6.08 Å². The number of rotatable bonds is 8. The smallest absolute Gasteiger partial charge is 0.236 e. The minimum atomic E-state index is -3.71. The second kappa shape index (κ2) is 8.80. The molecule has 0 saturated heterocycles. The summed E-state index contributed by atoms with van der Waals surface area (Å²) in [5.41, 5.74) is 6.71. The van der Waals surface area contributed by atoms with Gasteiger partial charge in [0.2, 0.25) is 15.9 Å². The van der Waals surface area contributed by atoms with Gasteiger partial charge in [-0.25, -0.2) is 8.42 Å². The van der Waals surface area contributed by atoms with Gasteiger partial charge < -0.3 is 5.73 Å². The molecule has 0 unspecified atom stereocenters. The van der Waals surface area contributed by atoms with Crippen LogP contribution in [0.5, 0.6) is 0 Å². The number of carbonyl (C=O) groups excluding carboxylic acids is 1. The van der Waals surface area contributed by atoms with Crippen LogP contribution in [0.1, 0.15) is 17.5 Å². The van der Waals surface area contributed by atoms with Crippen LogP contribution >= 0.6 is 11.6 Å². The van der Waals surface area contributed by atoms with E-state index in [1.54, 1.807) is 24.3 Å². The number of sulfonamides is 1. The Bertz CT molecular complexity index is 834. The molecule has 2 rings (SSSR count). The van der Waals surface area contributed by atoms with Gasteiger partial charge in [0.25, 0.3) is 0 Å². The van der Waals surface area contributed by atoms with E-state index in [2.05, 4.69) is 0 Å². The third-order valence-electron chi connectivity index (χ3n) is 3.47. The van der Waals surface area contributed by atoms with Crippen LogP contribution in [0.3, 0.4) is 0 Å². The van der Waals surface area contributed by atoms with E-state index in [-0.39, 0.29) is 19.5 Å². The molecule has 2 aromatic rings. The molecule has 2 aromatic carbocycles. The third-order valence-corrected chi connectivity index (χ3v) is 5.24. The number of hydrogen-bond acceptors (Lipinski definition) is 3. The summed E-state index contributed by atoms with van der Waals surface area (Å²) < 4.78 is 26.5. The molecule has 0 radical (unpaired) electrons. The van der Waals surface area contributed by atoms with E-state index in [1.165, 1.54) is 10.4 Å². The first-order valence-electron chi connectivity index (χ1n) is 7.63. The van der Waals surface area contributed by atoms with Gasteiger partial charge in [0.15, 0.2) is 0 Å². The standard InChI is InChI=1S/C18H19ClN2O3S/c19-17-8-6-15(7-9-17)11-13-25(23,24)21(12-10-18(20)22)14-16-4-2-1-3-5-16/h1-9,11,13H,10,12,14H2,(H2,20,22). The molecule has 0 aliphatic rings. The predicted octanol–water partition coefficient (Wildman–Crippen LogP) is 3.02. The number of primary amides is 1. The number of nitrogens with two attached hydrogens (primary N) is 1. The minimum absolute atomic E-state index is 0.0253. The summed E-state index contributed by atoms with van der Waals surface area (Å²) >= 11 is 5.82. The zero-order valence-corrected chi connectivity index (χ0v) is 15.1. The van der Waals surface area contributed by atoms with Crippen molar-refractivity contribution in [2.24, 2.45) is 5.73 Å². The first-order chi connectivity index (χ1) is 11.9. The Hall–Kier alpha value is -2.15. The Kier molecular flexibility index (Phi) is 6.75. The molecular formula is C18H19ClN2O3S. The van der Waals surface area contributed by atoms with Crippen molar-refractivity contribution in [1.29, 1.82) is 0 Å². The van der Waals surface area contributed by atoms with Crippen LogP contribution in [0.2, 0.25) is 5.02 Å². The number of amides is 1. The van der Waals surface area contributed by atoms with Crippen LogP contribution < -0.4 is 5.73 Å². The maximum absolute atomic E-state index is 12.6. The molecule has 0 fully saturated rings. The zero-order chi connectivity index (χ0) is 18.3. The Labute approximate surface area is 152 Å². The first-order valence-corrected chi connectivity index (χ1v) is 9.51. The van der Waals surface area contributed by atoms with E-state index in [0.29, 0.717) is 10.6 Å².